The summed E-state index contributed by atoms with van der Waals surface area (Å²) >= 11 is 1.48. The van der Waals surface area contributed by atoms with Crippen LogP contribution in [0.3, 0.4) is 0 Å². The number of thiazole rings is 1. The Morgan fingerprint density at radius 2 is 2.07 bits per heavy atom. The van der Waals surface area contributed by atoms with Crippen LogP contribution in [0.15, 0.2) is 53.2 Å². The third kappa shape index (κ3) is 2.99. The average molecular weight is 397 g/mol. The zero-order valence-corrected chi connectivity index (χ0v) is 17.1. The van der Waals surface area contributed by atoms with Crippen LogP contribution in [-0.4, -0.2) is 52.3 Å². The van der Waals surface area contributed by atoms with Gasteiger partial charge in [0, 0.05) is 37.4 Å². The number of carbonyl (C=O) groups excluding carboxylic acids is 2. The molecule has 1 N–H and O–H groups in total. The van der Waals surface area contributed by atoms with E-state index in [0.29, 0.717) is 25.1 Å². The number of amides is 2. The molecule has 1 atom stereocenters. The van der Waals surface area contributed by atoms with E-state index in [1.807, 2.05) is 61.5 Å². The molecule has 2 aliphatic rings. The van der Waals surface area contributed by atoms with Gasteiger partial charge in [0.05, 0.1) is 17.5 Å². The molecule has 7 heteroatoms. The smallest absolute Gasteiger partial charge is 0.254 e. The molecule has 0 radical (unpaired) electrons. The van der Waals surface area contributed by atoms with E-state index in [0.717, 1.165) is 16.3 Å². The Labute approximate surface area is 168 Å². The van der Waals surface area contributed by atoms with E-state index in [2.05, 4.69) is 10.3 Å². The summed E-state index contributed by atoms with van der Waals surface area (Å²) < 4.78 is 0. The lowest BCUT2D eigenvalue weighted by atomic mass is 9.97. The summed E-state index contributed by atoms with van der Waals surface area (Å²) in [5.74, 6) is -0.0470. The average Bonchev–Trinajstić information content (AvgIpc) is 3.19. The maximum Gasteiger partial charge on any atom is 0.254 e. The van der Waals surface area contributed by atoms with Gasteiger partial charge in [0.15, 0.2) is 0 Å². The molecule has 3 heterocycles. The van der Waals surface area contributed by atoms with E-state index in [-0.39, 0.29) is 11.8 Å². The molecule has 0 saturated carbocycles. The summed E-state index contributed by atoms with van der Waals surface area (Å²) in [6.07, 6.45) is 2.03. The number of hydrogen-bond acceptors (Lipinski definition) is 5. The fourth-order valence-corrected chi connectivity index (χ4v) is 4.71. The summed E-state index contributed by atoms with van der Waals surface area (Å²) in [5, 5.41) is 6.10. The molecule has 4 rings (SSSR count). The molecule has 2 aromatic rings. The highest BCUT2D eigenvalue weighted by Gasteiger charge is 2.49. The van der Waals surface area contributed by atoms with Crippen LogP contribution in [0.1, 0.15) is 30.5 Å². The molecule has 0 spiro atoms. The Kier molecular flexibility index (Phi) is 4.71. The summed E-state index contributed by atoms with van der Waals surface area (Å²) in [6.45, 7) is 5.18. The molecule has 0 saturated heterocycles. The van der Waals surface area contributed by atoms with Crippen molar-refractivity contribution >= 4 is 23.2 Å². The van der Waals surface area contributed by atoms with Crippen LogP contribution in [0.4, 0.5) is 0 Å². The first kappa shape index (κ1) is 18.7. The first-order chi connectivity index (χ1) is 13.4. The normalized spacial score (nSPS) is 21.4. The van der Waals surface area contributed by atoms with Crippen LogP contribution < -0.4 is 5.32 Å². The molecular formula is C21H24N4O2S. The zero-order chi connectivity index (χ0) is 19.9. The molecule has 1 aromatic heterocycles. The first-order valence-corrected chi connectivity index (χ1v) is 10.3. The monoisotopic (exact) mass is 396 g/mol. The van der Waals surface area contributed by atoms with Gasteiger partial charge in [0.2, 0.25) is 5.91 Å². The second-order valence-corrected chi connectivity index (χ2v) is 8.59. The van der Waals surface area contributed by atoms with E-state index in [4.69, 9.17) is 0 Å². The summed E-state index contributed by atoms with van der Waals surface area (Å²) in [7, 11) is 1.81. The Bertz CT molecular complexity index is 921. The van der Waals surface area contributed by atoms with Crippen LogP contribution in [0.25, 0.3) is 0 Å². The van der Waals surface area contributed by atoms with Crippen molar-refractivity contribution in [1.29, 1.82) is 0 Å². The number of benzene rings is 1. The summed E-state index contributed by atoms with van der Waals surface area (Å²) in [4.78, 5) is 34.5. The molecular weight excluding hydrogens is 372 g/mol. The van der Waals surface area contributed by atoms with Gasteiger partial charge in [-0.15, -0.1) is 11.3 Å². The molecule has 0 fully saturated rings. The van der Waals surface area contributed by atoms with E-state index in [9.17, 15) is 9.59 Å². The van der Waals surface area contributed by atoms with Gasteiger partial charge in [-0.2, -0.15) is 0 Å². The molecule has 1 aromatic carbocycles. The molecule has 2 amide bonds. The largest absolute Gasteiger partial charge is 0.384 e. The molecule has 146 valence electrons. The van der Waals surface area contributed by atoms with Crippen molar-refractivity contribution in [3.8, 4) is 0 Å². The third-order valence-corrected chi connectivity index (χ3v) is 6.53. The lowest BCUT2D eigenvalue weighted by molar-refractivity contribution is -0.133. The van der Waals surface area contributed by atoms with Crippen molar-refractivity contribution in [2.75, 3.05) is 20.1 Å². The number of likely N-dealkylation sites (N-methyl/N-ethyl adjacent to an activating group) is 1. The predicted molar refractivity (Wildman–Crippen MR) is 109 cm³/mol. The van der Waals surface area contributed by atoms with E-state index >= 15 is 0 Å². The molecule has 6 nitrogen and oxygen atoms in total. The fourth-order valence-electron chi connectivity index (χ4n) is 3.96. The quantitative estimate of drug-likeness (QED) is 0.865. The second kappa shape index (κ2) is 7.05. The van der Waals surface area contributed by atoms with E-state index in [1.54, 1.807) is 11.1 Å². The SMILES string of the molecule is CN1C(=O)C2=C(NCCN(C(=O)Cc3ccccc3)C2c2nccs2)C1(C)C. The molecule has 1 unspecified atom stereocenters. The lowest BCUT2D eigenvalue weighted by Gasteiger charge is -2.32. The first-order valence-electron chi connectivity index (χ1n) is 9.40. The van der Waals surface area contributed by atoms with Crippen molar-refractivity contribution in [1.82, 2.24) is 20.1 Å². The second-order valence-electron chi connectivity index (χ2n) is 7.66. The summed E-state index contributed by atoms with van der Waals surface area (Å²) in [5.41, 5.74) is 2.06. The Morgan fingerprint density at radius 3 is 2.75 bits per heavy atom. The van der Waals surface area contributed by atoms with E-state index < -0.39 is 11.6 Å². The topological polar surface area (TPSA) is 65.5 Å². The van der Waals surface area contributed by atoms with Gasteiger partial charge in [-0.05, 0) is 19.4 Å². The Morgan fingerprint density at radius 1 is 1.32 bits per heavy atom. The van der Waals surface area contributed by atoms with Crippen molar-refractivity contribution in [2.45, 2.75) is 31.8 Å². The van der Waals surface area contributed by atoms with Crippen LogP contribution in [0.2, 0.25) is 0 Å². The van der Waals surface area contributed by atoms with Crippen LogP contribution in [-0.2, 0) is 16.0 Å². The number of carbonyl (C=O) groups is 2. The molecule has 0 bridgehead atoms. The highest BCUT2D eigenvalue weighted by atomic mass is 32.1. The Balaban J connectivity index is 1.77. The lowest BCUT2D eigenvalue weighted by Crippen LogP contribution is -2.46. The maximum atomic E-state index is 13.3. The fraction of sp³-hybridized carbons (Fsp3) is 0.381. The highest BCUT2D eigenvalue weighted by molar-refractivity contribution is 7.09. The Hall–Kier alpha value is -2.67. The number of hydrogen-bond donors (Lipinski definition) is 1. The van der Waals surface area contributed by atoms with Gasteiger partial charge in [-0.25, -0.2) is 4.98 Å². The number of aromatic nitrogens is 1. The molecule has 28 heavy (non-hydrogen) atoms. The van der Waals surface area contributed by atoms with E-state index in [1.165, 1.54) is 11.3 Å². The van der Waals surface area contributed by atoms with Gasteiger partial charge < -0.3 is 15.1 Å². The van der Waals surface area contributed by atoms with Crippen molar-refractivity contribution in [2.24, 2.45) is 0 Å². The van der Waals surface area contributed by atoms with Crippen LogP contribution in [0, 0.1) is 0 Å². The minimum atomic E-state index is -0.460. The predicted octanol–water partition coefficient (Wildman–Crippen LogP) is 2.36. The van der Waals surface area contributed by atoms with Gasteiger partial charge in [0.25, 0.3) is 5.91 Å². The zero-order valence-electron chi connectivity index (χ0n) is 16.3. The van der Waals surface area contributed by atoms with Gasteiger partial charge in [0.1, 0.15) is 11.0 Å². The number of nitrogens with one attached hydrogen (secondary N) is 1. The standard InChI is InChI=1S/C21H24N4O2S/c1-21(2)18-16(20(27)24(21)3)17(19-23-10-12-28-19)25(11-9-22-18)15(26)13-14-7-5-4-6-8-14/h4-8,10,12,17,22H,9,11,13H2,1-3H3. The minimum Gasteiger partial charge on any atom is -0.384 e. The molecule has 2 aliphatic heterocycles. The third-order valence-electron chi connectivity index (χ3n) is 5.70. The number of rotatable bonds is 3. The van der Waals surface area contributed by atoms with Gasteiger partial charge in [-0.3, -0.25) is 9.59 Å². The van der Waals surface area contributed by atoms with Crippen LogP contribution >= 0.6 is 11.3 Å². The maximum absolute atomic E-state index is 13.3. The highest BCUT2D eigenvalue weighted by Crippen LogP contribution is 2.42. The van der Waals surface area contributed by atoms with Gasteiger partial charge >= 0.3 is 0 Å². The van der Waals surface area contributed by atoms with Crippen molar-refractivity contribution < 1.29 is 9.59 Å². The van der Waals surface area contributed by atoms with Gasteiger partial charge in [-0.1, -0.05) is 30.3 Å². The van der Waals surface area contributed by atoms with Crippen molar-refractivity contribution in [3.05, 3.63) is 63.7 Å². The van der Waals surface area contributed by atoms with Crippen LogP contribution in [0.5, 0.6) is 0 Å². The van der Waals surface area contributed by atoms with Crippen molar-refractivity contribution in [3.63, 3.8) is 0 Å². The minimum absolute atomic E-state index is 0.00195. The summed E-state index contributed by atoms with van der Waals surface area (Å²) in [6, 6.07) is 9.25. The number of nitrogens with zero attached hydrogens (tertiary/aromatic N) is 3. The molecule has 0 aliphatic carbocycles.